The van der Waals surface area contributed by atoms with Crippen LogP contribution in [0.3, 0.4) is 0 Å². The van der Waals surface area contributed by atoms with E-state index in [1.54, 1.807) is 18.2 Å². The van der Waals surface area contributed by atoms with Crippen LogP contribution < -0.4 is 0 Å². The minimum Gasteiger partial charge on any atom is -0.192 e. The van der Waals surface area contributed by atoms with Gasteiger partial charge in [0.05, 0.1) is 11.6 Å². The molecule has 0 saturated carbocycles. The Labute approximate surface area is 110 Å². The fourth-order valence-corrected chi connectivity index (χ4v) is 2.20. The van der Waals surface area contributed by atoms with Gasteiger partial charge < -0.3 is 0 Å². The molecule has 0 aliphatic carbocycles. The van der Waals surface area contributed by atoms with Crippen LogP contribution >= 0.6 is 23.2 Å². The molecule has 0 aliphatic heterocycles. The summed E-state index contributed by atoms with van der Waals surface area (Å²) in [4.78, 5) is 0. The SMILES string of the molecule is Cc1cc(-c2ccc(Cl)cc2Cl)ccc1C#N. The Hall–Kier alpha value is -1.49. The van der Waals surface area contributed by atoms with Gasteiger partial charge in [0.2, 0.25) is 0 Å². The van der Waals surface area contributed by atoms with Crippen molar-refractivity contribution in [3.05, 3.63) is 57.6 Å². The van der Waals surface area contributed by atoms with E-state index in [0.717, 1.165) is 16.7 Å². The number of hydrogen-bond acceptors (Lipinski definition) is 1. The van der Waals surface area contributed by atoms with Gasteiger partial charge in [-0.25, -0.2) is 0 Å². The first-order valence-electron chi connectivity index (χ1n) is 5.08. The first-order valence-corrected chi connectivity index (χ1v) is 5.83. The largest absolute Gasteiger partial charge is 0.192 e. The highest BCUT2D eigenvalue weighted by Crippen LogP contribution is 2.31. The predicted octanol–water partition coefficient (Wildman–Crippen LogP) is 4.84. The topological polar surface area (TPSA) is 23.8 Å². The lowest BCUT2D eigenvalue weighted by molar-refractivity contribution is 1.39. The highest BCUT2D eigenvalue weighted by molar-refractivity contribution is 6.36. The van der Waals surface area contributed by atoms with Gasteiger partial charge in [-0.3, -0.25) is 0 Å². The van der Waals surface area contributed by atoms with Crippen LogP contribution in [0.1, 0.15) is 11.1 Å². The van der Waals surface area contributed by atoms with Crippen molar-refractivity contribution in [1.82, 2.24) is 0 Å². The van der Waals surface area contributed by atoms with E-state index in [1.807, 2.05) is 25.1 Å². The summed E-state index contributed by atoms with van der Waals surface area (Å²) < 4.78 is 0. The zero-order valence-electron chi connectivity index (χ0n) is 9.17. The van der Waals surface area contributed by atoms with Crippen LogP contribution in [0.15, 0.2) is 36.4 Å². The third-order valence-electron chi connectivity index (χ3n) is 2.59. The van der Waals surface area contributed by atoms with Gasteiger partial charge in [-0.05, 0) is 36.2 Å². The molecule has 2 aromatic carbocycles. The molecule has 0 aromatic heterocycles. The molecule has 0 N–H and O–H groups in total. The first-order chi connectivity index (χ1) is 8.11. The minimum atomic E-state index is 0.613. The monoisotopic (exact) mass is 261 g/mol. The van der Waals surface area contributed by atoms with Gasteiger partial charge in [-0.15, -0.1) is 0 Å². The van der Waals surface area contributed by atoms with E-state index in [4.69, 9.17) is 28.5 Å². The standard InChI is InChI=1S/C14H9Cl2N/c1-9-6-10(2-3-11(9)8-17)13-5-4-12(15)7-14(13)16/h2-7H,1H3. The summed E-state index contributed by atoms with van der Waals surface area (Å²) in [5.74, 6) is 0. The molecular formula is C14H9Cl2N. The molecule has 0 bridgehead atoms. The van der Waals surface area contributed by atoms with Crippen molar-refractivity contribution >= 4 is 23.2 Å². The molecule has 0 spiro atoms. The zero-order valence-corrected chi connectivity index (χ0v) is 10.7. The Balaban J connectivity index is 2.54. The van der Waals surface area contributed by atoms with Gasteiger partial charge in [0, 0.05) is 15.6 Å². The van der Waals surface area contributed by atoms with Crippen LogP contribution in [0, 0.1) is 18.3 Å². The molecule has 17 heavy (non-hydrogen) atoms. The Morgan fingerprint density at radius 2 is 1.82 bits per heavy atom. The molecule has 1 nitrogen and oxygen atoms in total. The molecule has 0 heterocycles. The second kappa shape index (κ2) is 4.79. The van der Waals surface area contributed by atoms with E-state index in [9.17, 15) is 0 Å². The second-order valence-corrected chi connectivity index (χ2v) is 4.61. The van der Waals surface area contributed by atoms with Crippen molar-refractivity contribution in [2.75, 3.05) is 0 Å². The Bertz CT molecular complexity index is 612. The van der Waals surface area contributed by atoms with E-state index in [2.05, 4.69) is 6.07 Å². The number of nitriles is 1. The molecule has 0 fully saturated rings. The van der Waals surface area contributed by atoms with E-state index < -0.39 is 0 Å². The van der Waals surface area contributed by atoms with Crippen LogP contribution in [0.4, 0.5) is 0 Å². The fourth-order valence-electron chi connectivity index (χ4n) is 1.68. The van der Waals surface area contributed by atoms with Crippen molar-refractivity contribution < 1.29 is 0 Å². The van der Waals surface area contributed by atoms with Gasteiger partial charge >= 0.3 is 0 Å². The second-order valence-electron chi connectivity index (χ2n) is 3.77. The third kappa shape index (κ3) is 2.44. The molecule has 0 unspecified atom stereocenters. The highest BCUT2D eigenvalue weighted by atomic mass is 35.5. The van der Waals surface area contributed by atoms with Gasteiger partial charge in [-0.1, -0.05) is 41.4 Å². The quantitative estimate of drug-likeness (QED) is 0.721. The molecule has 0 amide bonds. The third-order valence-corrected chi connectivity index (χ3v) is 3.14. The molecule has 0 saturated heterocycles. The van der Waals surface area contributed by atoms with Crippen molar-refractivity contribution in [3.63, 3.8) is 0 Å². The number of halogens is 2. The highest BCUT2D eigenvalue weighted by Gasteiger charge is 2.06. The first kappa shape index (κ1) is 12.0. The molecule has 0 atom stereocenters. The smallest absolute Gasteiger partial charge is 0.0994 e. The van der Waals surface area contributed by atoms with Gasteiger partial charge in [0.25, 0.3) is 0 Å². The number of benzene rings is 2. The van der Waals surface area contributed by atoms with Crippen LogP contribution in [-0.4, -0.2) is 0 Å². The summed E-state index contributed by atoms with van der Waals surface area (Å²) in [6.07, 6.45) is 0. The Morgan fingerprint density at radius 3 is 2.41 bits per heavy atom. The van der Waals surface area contributed by atoms with Crippen molar-refractivity contribution in [3.8, 4) is 17.2 Å². The van der Waals surface area contributed by atoms with Crippen molar-refractivity contribution in [1.29, 1.82) is 5.26 Å². The predicted molar refractivity (Wildman–Crippen MR) is 71.4 cm³/mol. The maximum Gasteiger partial charge on any atom is 0.0994 e. The van der Waals surface area contributed by atoms with Crippen molar-refractivity contribution in [2.24, 2.45) is 0 Å². The number of rotatable bonds is 1. The fraction of sp³-hybridized carbons (Fsp3) is 0.0714. The Kier molecular flexibility index (Phi) is 3.38. The van der Waals surface area contributed by atoms with E-state index in [0.29, 0.717) is 15.6 Å². The molecule has 2 aromatic rings. The van der Waals surface area contributed by atoms with Crippen LogP contribution in [0.25, 0.3) is 11.1 Å². The average molecular weight is 262 g/mol. The summed E-state index contributed by atoms with van der Waals surface area (Å²) in [6.45, 7) is 1.91. The van der Waals surface area contributed by atoms with Gasteiger partial charge in [0.1, 0.15) is 0 Å². The normalized spacial score (nSPS) is 10.0. The number of nitrogens with zero attached hydrogens (tertiary/aromatic N) is 1. The number of hydrogen-bond donors (Lipinski definition) is 0. The Morgan fingerprint density at radius 1 is 1.06 bits per heavy atom. The summed E-state index contributed by atoms with van der Waals surface area (Å²) >= 11 is 12.0. The van der Waals surface area contributed by atoms with Crippen molar-refractivity contribution in [2.45, 2.75) is 6.92 Å². The summed E-state index contributed by atoms with van der Waals surface area (Å²) in [5, 5.41) is 10.1. The van der Waals surface area contributed by atoms with Gasteiger partial charge in [-0.2, -0.15) is 5.26 Å². The summed E-state index contributed by atoms with van der Waals surface area (Å²) in [5.41, 5.74) is 3.53. The molecule has 84 valence electrons. The lowest BCUT2D eigenvalue weighted by atomic mass is 10.0. The van der Waals surface area contributed by atoms with E-state index in [-0.39, 0.29) is 0 Å². The van der Waals surface area contributed by atoms with Gasteiger partial charge in [0.15, 0.2) is 0 Å². The minimum absolute atomic E-state index is 0.613. The summed E-state index contributed by atoms with van der Waals surface area (Å²) in [7, 11) is 0. The van der Waals surface area contributed by atoms with E-state index in [1.165, 1.54) is 0 Å². The lowest BCUT2D eigenvalue weighted by Gasteiger charge is -2.07. The van der Waals surface area contributed by atoms with Crippen LogP contribution in [0.2, 0.25) is 10.0 Å². The lowest BCUT2D eigenvalue weighted by Crippen LogP contribution is -1.85. The molecule has 0 radical (unpaired) electrons. The molecule has 0 aliphatic rings. The maximum absolute atomic E-state index is 8.88. The average Bonchev–Trinajstić information content (AvgIpc) is 2.29. The van der Waals surface area contributed by atoms with Crippen LogP contribution in [-0.2, 0) is 0 Å². The van der Waals surface area contributed by atoms with E-state index >= 15 is 0 Å². The molecule has 3 heteroatoms. The zero-order chi connectivity index (χ0) is 12.4. The van der Waals surface area contributed by atoms with Crippen LogP contribution in [0.5, 0.6) is 0 Å². The molecular weight excluding hydrogens is 253 g/mol. The number of aryl methyl sites for hydroxylation is 1. The maximum atomic E-state index is 8.88. The molecule has 2 rings (SSSR count). The summed E-state index contributed by atoms with van der Waals surface area (Å²) in [6, 6.07) is 13.2.